The molecule has 0 bridgehead atoms. The highest BCUT2D eigenvalue weighted by molar-refractivity contribution is 5.95. The molecule has 0 fully saturated rings. The molecule has 0 amide bonds. The second-order valence-corrected chi connectivity index (χ2v) is 4.57. The van der Waals surface area contributed by atoms with E-state index in [1.165, 1.54) is 0 Å². The highest BCUT2D eigenvalue weighted by Gasteiger charge is 2.19. The van der Waals surface area contributed by atoms with Gasteiger partial charge in [-0.15, -0.1) is 0 Å². The summed E-state index contributed by atoms with van der Waals surface area (Å²) in [4.78, 5) is 13.7. The lowest BCUT2D eigenvalue weighted by molar-refractivity contribution is 0.101. The van der Waals surface area contributed by atoms with Gasteiger partial charge < -0.3 is 9.64 Å². The number of carbonyl (C=O) groups is 1. The molecule has 19 heavy (non-hydrogen) atoms. The maximum absolute atomic E-state index is 11.5. The van der Waals surface area contributed by atoms with Crippen molar-refractivity contribution in [3.63, 3.8) is 0 Å². The van der Waals surface area contributed by atoms with E-state index in [4.69, 9.17) is 4.74 Å². The van der Waals surface area contributed by atoms with E-state index in [-0.39, 0.29) is 5.78 Å². The molecule has 0 spiro atoms. The largest absolute Gasteiger partial charge is 0.490 e. The van der Waals surface area contributed by atoms with Crippen LogP contribution in [0.15, 0.2) is 48.5 Å². The normalized spacial score (nSPS) is 13.6. The van der Waals surface area contributed by atoms with Crippen LogP contribution in [0, 0.1) is 0 Å². The Labute approximate surface area is 112 Å². The number of rotatable bonds is 2. The van der Waals surface area contributed by atoms with Crippen LogP contribution in [0.1, 0.15) is 17.3 Å². The van der Waals surface area contributed by atoms with Gasteiger partial charge in [-0.3, -0.25) is 4.79 Å². The minimum Gasteiger partial charge on any atom is -0.490 e. The van der Waals surface area contributed by atoms with Crippen molar-refractivity contribution in [2.45, 2.75) is 6.92 Å². The first kappa shape index (κ1) is 11.8. The molecule has 3 heteroatoms. The Balaban J connectivity index is 2.04. The van der Waals surface area contributed by atoms with Gasteiger partial charge in [0.15, 0.2) is 5.78 Å². The van der Waals surface area contributed by atoms with Gasteiger partial charge in [0.05, 0.1) is 12.2 Å². The summed E-state index contributed by atoms with van der Waals surface area (Å²) >= 11 is 0. The number of fused-ring (bicyclic) bond motifs is 1. The standard InChI is InChI=1S/C16H15NO2/c1-12(18)13-5-4-6-14(11-13)17-9-10-19-16-8-3-2-7-15(16)17/h2-8,11H,9-10H2,1H3. The first-order chi connectivity index (χ1) is 9.25. The van der Waals surface area contributed by atoms with Crippen LogP contribution in [-0.4, -0.2) is 18.9 Å². The number of para-hydroxylation sites is 2. The van der Waals surface area contributed by atoms with Gasteiger partial charge in [-0.1, -0.05) is 24.3 Å². The average Bonchev–Trinajstić information content (AvgIpc) is 2.47. The lowest BCUT2D eigenvalue weighted by Crippen LogP contribution is -2.28. The molecule has 96 valence electrons. The Kier molecular flexibility index (Phi) is 2.95. The van der Waals surface area contributed by atoms with Gasteiger partial charge >= 0.3 is 0 Å². The number of ketones is 1. The second kappa shape index (κ2) is 4.76. The Morgan fingerprint density at radius 2 is 2.00 bits per heavy atom. The fourth-order valence-corrected chi connectivity index (χ4v) is 2.33. The lowest BCUT2D eigenvalue weighted by atomic mass is 10.1. The summed E-state index contributed by atoms with van der Waals surface area (Å²) in [6, 6.07) is 15.7. The maximum atomic E-state index is 11.5. The zero-order valence-electron chi connectivity index (χ0n) is 10.8. The predicted octanol–water partition coefficient (Wildman–Crippen LogP) is 3.42. The molecule has 1 aliphatic heterocycles. The summed E-state index contributed by atoms with van der Waals surface area (Å²) in [7, 11) is 0. The van der Waals surface area contributed by atoms with Crippen molar-refractivity contribution >= 4 is 17.2 Å². The second-order valence-electron chi connectivity index (χ2n) is 4.57. The number of benzene rings is 2. The summed E-state index contributed by atoms with van der Waals surface area (Å²) in [5.74, 6) is 0.977. The molecule has 1 heterocycles. The molecule has 1 aliphatic rings. The summed E-state index contributed by atoms with van der Waals surface area (Å²) in [5, 5.41) is 0. The number of anilines is 2. The van der Waals surface area contributed by atoms with Crippen molar-refractivity contribution in [1.82, 2.24) is 0 Å². The van der Waals surface area contributed by atoms with Gasteiger partial charge in [0.2, 0.25) is 0 Å². The number of Topliss-reactive ketones (excluding diaryl/α,β-unsaturated/α-hetero) is 1. The van der Waals surface area contributed by atoms with Crippen LogP contribution in [0.5, 0.6) is 5.75 Å². The molecule has 2 aromatic rings. The van der Waals surface area contributed by atoms with Crippen LogP contribution in [0.3, 0.4) is 0 Å². The fourth-order valence-electron chi connectivity index (χ4n) is 2.33. The van der Waals surface area contributed by atoms with Gasteiger partial charge in [0.25, 0.3) is 0 Å². The molecular weight excluding hydrogens is 238 g/mol. The molecule has 0 aliphatic carbocycles. The minimum absolute atomic E-state index is 0.0865. The monoisotopic (exact) mass is 253 g/mol. The van der Waals surface area contributed by atoms with Gasteiger partial charge in [-0.2, -0.15) is 0 Å². The van der Waals surface area contributed by atoms with Crippen LogP contribution in [-0.2, 0) is 0 Å². The third-order valence-electron chi connectivity index (χ3n) is 3.29. The Hall–Kier alpha value is -2.29. The van der Waals surface area contributed by atoms with Crippen molar-refractivity contribution in [3.05, 3.63) is 54.1 Å². The molecule has 3 rings (SSSR count). The third kappa shape index (κ3) is 2.19. The van der Waals surface area contributed by atoms with Crippen molar-refractivity contribution in [2.75, 3.05) is 18.1 Å². The Morgan fingerprint density at radius 3 is 2.84 bits per heavy atom. The van der Waals surface area contributed by atoms with E-state index in [0.717, 1.165) is 29.2 Å². The number of ether oxygens (including phenoxy) is 1. The van der Waals surface area contributed by atoms with Gasteiger partial charge in [-0.25, -0.2) is 0 Å². The molecule has 0 saturated carbocycles. The smallest absolute Gasteiger partial charge is 0.159 e. The molecule has 0 N–H and O–H groups in total. The van der Waals surface area contributed by atoms with E-state index in [0.29, 0.717) is 6.61 Å². The zero-order valence-corrected chi connectivity index (χ0v) is 10.8. The first-order valence-electron chi connectivity index (χ1n) is 6.36. The minimum atomic E-state index is 0.0865. The van der Waals surface area contributed by atoms with Crippen LogP contribution in [0.4, 0.5) is 11.4 Å². The number of hydrogen-bond acceptors (Lipinski definition) is 3. The van der Waals surface area contributed by atoms with E-state index in [1.54, 1.807) is 6.92 Å². The van der Waals surface area contributed by atoms with E-state index in [9.17, 15) is 4.79 Å². The summed E-state index contributed by atoms with van der Waals surface area (Å²) in [5.41, 5.74) is 2.82. The van der Waals surface area contributed by atoms with Gasteiger partial charge in [0, 0.05) is 11.3 Å². The molecule has 3 nitrogen and oxygen atoms in total. The number of nitrogens with zero attached hydrogens (tertiary/aromatic N) is 1. The molecule has 0 atom stereocenters. The van der Waals surface area contributed by atoms with Crippen molar-refractivity contribution in [2.24, 2.45) is 0 Å². The van der Waals surface area contributed by atoms with Crippen LogP contribution in [0.2, 0.25) is 0 Å². The molecule has 0 unspecified atom stereocenters. The molecule has 0 aromatic heterocycles. The first-order valence-corrected chi connectivity index (χ1v) is 6.36. The Morgan fingerprint density at radius 1 is 1.16 bits per heavy atom. The molecule has 2 aromatic carbocycles. The SMILES string of the molecule is CC(=O)c1cccc(N2CCOc3ccccc32)c1. The highest BCUT2D eigenvalue weighted by atomic mass is 16.5. The van der Waals surface area contributed by atoms with Crippen LogP contribution in [0.25, 0.3) is 0 Å². The highest BCUT2D eigenvalue weighted by Crippen LogP contribution is 2.36. The third-order valence-corrected chi connectivity index (χ3v) is 3.29. The molecule has 0 radical (unpaired) electrons. The van der Waals surface area contributed by atoms with Crippen LogP contribution < -0.4 is 9.64 Å². The quantitative estimate of drug-likeness (QED) is 0.768. The average molecular weight is 253 g/mol. The zero-order chi connectivity index (χ0) is 13.2. The number of hydrogen-bond donors (Lipinski definition) is 0. The Bertz CT molecular complexity index is 622. The molecule has 0 saturated heterocycles. The van der Waals surface area contributed by atoms with Crippen molar-refractivity contribution in [3.8, 4) is 5.75 Å². The van der Waals surface area contributed by atoms with E-state index in [1.807, 2.05) is 48.5 Å². The summed E-state index contributed by atoms with van der Waals surface area (Å²) in [6.07, 6.45) is 0. The van der Waals surface area contributed by atoms with E-state index >= 15 is 0 Å². The maximum Gasteiger partial charge on any atom is 0.159 e. The number of carbonyl (C=O) groups excluding carboxylic acids is 1. The predicted molar refractivity (Wildman–Crippen MR) is 75.4 cm³/mol. The van der Waals surface area contributed by atoms with Crippen molar-refractivity contribution < 1.29 is 9.53 Å². The topological polar surface area (TPSA) is 29.5 Å². The van der Waals surface area contributed by atoms with Gasteiger partial charge in [0.1, 0.15) is 12.4 Å². The van der Waals surface area contributed by atoms with E-state index < -0.39 is 0 Å². The summed E-state index contributed by atoms with van der Waals surface area (Å²) < 4.78 is 5.64. The van der Waals surface area contributed by atoms with E-state index in [2.05, 4.69) is 4.90 Å². The molecular formula is C16H15NO2. The summed E-state index contributed by atoms with van der Waals surface area (Å²) in [6.45, 7) is 3.03. The van der Waals surface area contributed by atoms with Crippen LogP contribution >= 0.6 is 0 Å². The van der Waals surface area contributed by atoms with Crippen molar-refractivity contribution in [1.29, 1.82) is 0 Å². The van der Waals surface area contributed by atoms with Gasteiger partial charge in [-0.05, 0) is 31.2 Å². The fraction of sp³-hybridized carbons (Fsp3) is 0.188. The lowest BCUT2D eigenvalue weighted by Gasteiger charge is -2.31.